The molecule has 6 heteroatoms. The van der Waals surface area contributed by atoms with Crippen LogP contribution in [0.2, 0.25) is 0 Å². The molecule has 0 bridgehead atoms. The molecule has 0 spiro atoms. The molecule has 0 aliphatic heterocycles. The molecular weight excluding hydrogens is 257 g/mol. The number of aryl methyl sites for hydroxylation is 1. The van der Waals surface area contributed by atoms with Crippen LogP contribution in [0.25, 0.3) is 0 Å². The van der Waals surface area contributed by atoms with Crippen molar-refractivity contribution in [2.75, 3.05) is 5.32 Å². The first kappa shape index (κ1) is 13.3. The van der Waals surface area contributed by atoms with Crippen molar-refractivity contribution in [2.24, 2.45) is 7.05 Å². The minimum atomic E-state index is -4.69. The number of benzene rings is 1. The van der Waals surface area contributed by atoms with E-state index in [1.165, 1.54) is 12.1 Å². The molecule has 1 aromatic carbocycles. The number of alkyl halides is 3. The maximum absolute atomic E-state index is 12.2. The lowest BCUT2D eigenvalue weighted by molar-refractivity contribution is -0.274. The first-order chi connectivity index (χ1) is 8.96. The lowest BCUT2D eigenvalue weighted by Gasteiger charge is -2.14. The molecule has 0 aliphatic carbocycles. The Balaban J connectivity index is 2.10. The molecular formula is C13H13F3N2O. The third-order valence-electron chi connectivity index (χ3n) is 2.62. The Morgan fingerprint density at radius 2 is 1.89 bits per heavy atom. The van der Waals surface area contributed by atoms with Gasteiger partial charge in [-0.05, 0) is 24.3 Å². The third-order valence-corrected chi connectivity index (χ3v) is 2.62. The van der Waals surface area contributed by atoms with Crippen LogP contribution in [0.3, 0.4) is 0 Å². The summed E-state index contributed by atoms with van der Waals surface area (Å²) in [5.74, 6) is -0.232. The van der Waals surface area contributed by atoms with Crippen molar-refractivity contribution in [3.63, 3.8) is 0 Å². The highest BCUT2D eigenvalue weighted by atomic mass is 19.4. The number of nitrogens with zero attached hydrogens (tertiary/aromatic N) is 1. The zero-order valence-corrected chi connectivity index (χ0v) is 10.2. The average Bonchev–Trinajstić information content (AvgIpc) is 2.72. The first-order valence-corrected chi connectivity index (χ1v) is 5.64. The van der Waals surface area contributed by atoms with Crippen LogP contribution < -0.4 is 10.1 Å². The van der Waals surface area contributed by atoms with Gasteiger partial charge in [0.1, 0.15) is 0 Å². The van der Waals surface area contributed by atoms with E-state index in [9.17, 15) is 13.2 Å². The van der Waals surface area contributed by atoms with E-state index in [2.05, 4.69) is 10.1 Å². The van der Waals surface area contributed by atoms with Crippen LogP contribution in [0.4, 0.5) is 18.9 Å². The zero-order valence-electron chi connectivity index (χ0n) is 10.2. The zero-order chi connectivity index (χ0) is 13.9. The van der Waals surface area contributed by atoms with E-state index in [4.69, 9.17) is 0 Å². The van der Waals surface area contributed by atoms with Crippen LogP contribution in [0.5, 0.6) is 5.75 Å². The molecule has 102 valence electrons. The maximum Gasteiger partial charge on any atom is 0.573 e. The average molecular weight is 270 g/mol. The fourth-order valence-electron chi connectivity index (χ4n) is 1.69. The van der Waals surface area contributed by atoms with E-state index in [-0.39, 0.29) is 5.75 Å². The maximum atomic E-state index is 12.2. The van der Waals surface area contributed by atoms with Crippen LogP contribution in [-0.4, -0.2) is 10.9 Å². The summed E-state index contributed by atoms with van der Waals surface area (Å²) in [4.78, 5) is 0. The van der Waals surface area contributed by atoms with Gasteiger partial charge in [-0.3, -0.25) is 0 Å². The number of ether oxygens (including phenoxy) is 1. The predicted molar refractivity (Wildman–Crippen MR) is 65.9 cm³/mol. The predicted octanol–water partition coefficient (Wildman–Crippen LogP) is 3.54. The highest BCUT2D eigenvalue weighted by Gasteiger charge is 2.32. The van der Waals surface area contributed by atoms with Crippen molar-refractivity contribution in [3.05, 3.63) is 48.3 Å². The van der Waals surface area contributed by atoms with Gasteiger partial charge in [-0.15, -0.1) is 13.2 Å². The number of hydrogen-bond donors (Lipinski definition) is 1. The molecule has 0 radical (unpaired) electrons. The van der Waals surface area contributed by atoms with Crippen molar-refractivity contribution in [1.29, 1.82) is 0 Å². The monoisotopic (exact) mass is 270 g/mol. The van der Waals surface area contributed by atoms with E-state index in [1.807, 2.05) is 29.9 Å². The molecule has 0 fully saturated rings. The van der Waals surface area contributed by atoms with Gasteiger partial charge >= 0.3 is 6.36 Å². The second-order valence-corrected chi connectivity index (χ2v) is 4.01. The van der Waals surface area contributed by atoms with Crippen molar-refractivity contribution < 1.29 is 17.9 Å². The lowest BCUT2D eigenvalue weighted by Crippen LogP contribution is -2.18. The van der Waals surface area contributed by atoms with Crippen molar-refractivity contribution in [3.8, 4) is 5.75 Å². The summed E-state index contributed by atoms with van der Waals surface area (Å²) < 4.78 is 42.6. The third kappa shape index (κ3) is 3.67. The second kappa shape index (κ2) is 5.26. The molecule has 2 rings (SSSR count). The van der Waals surface area contributed by atoms with Crippen LogP contribution in [0, 0.1) is 0 Å². The summed E-state index contributed by atoms with van der Waals surface area (Å²) in [6.07, 6.45) is -2.82. The Kier molecular flexibility index (Phi) is 3.69. The molecule has 0 aliphatic rings. The molecule has 1 heterocycles. The molecule has 0 saturated heterocycles. The normalized spacial score (nSPS) is 11.4. The molecule has 2 aromatic rings. The first-order valence-electron chi connectivity index (χ1n) is 5.64. The smallest absolute Gasteiger partial charge is 0.404 e. The Bertz CT molecular complexity index is 549. The Hall–Kier alpha value is -2.11. The van der Waals surface area contributed by atoms with Crippen LogP contribution in [0.1, 0.15) is 5.69 Å². The van der Waals surface area contributed by atoms with Gasteiger partial charge < -0.3 is 14.6 Å². The van der Waals surface area contributed by atoms with Gasteiger partial charge in [0.15, 0.2) is 5.75 Å². The summed E-state index contributed by atoms with van der Waals surface area (Å²) in [6, 6.07) is 9.73. The summed E-state index contributed by atoms with van der Waals surface area (Å²) in [6.45, 7) is 0.418. The van der Waals surface area contributed by atoms with Crippen molar-refractivity contribution >= 4 is 5.69 Å². The Morgan fingerprint density at radius 1 is 1.16 bits per heavy atom. The van der Waals surface area contributed by atoms with Crippen molar-refractivity contribution in [1.82, 2.24) is 4.57 Å². The van der Waals surface area contributed by atoms with Gasteiger partial charge in [-0.25, -0.2) is 0 Å². The minimum Gasteiger partial charge on any atom is -0.404 e. The molecule has 0 atom stereocenters. The van der Waals surface area contributed by atoms with Gasteiger partial charge in [0.25, 0.3) is 0 Å². The number of anilines is 1. The number of hydrogen-bond acceptors (Lipinski definition) is 2. The Morgan fingerprint density at radius 3 is 2.53 bits per heavy atom. The number of aromatic nitrogens is 1. The van der Waals surface area contributed by atoms with E-state index in [0.717, 1.165) is 5.69 Å². The fourth-order valence-corrected chi connectivity index (χ4v) is 1.69. The van der Waals surface area contributed by atoms with Gasteiger partial charge in [0.05, 0.1) is 12.2 Å². The SMILES string of the molecule is Cn1cccc1CNc1ccccc1OC(F)(F)F. The molecule has 1 N–H and O–H groups in total. The molecule has 0 saturated carbocycles. The Labute approximate surface area is 108 Å². The number of rotatable bonds is 4. The quantitative estimate of drug-likeness (QED) is 0.919. The van der Waals surface area contributed by atoms with E-state index >= 15 is 0 Å². The van der Waals surface area contributed by atoms with E-state index in [1.54, 1.807) is 12.1 Å². The molecule has 19 heavy (non-hydrogen) atoms. The summed E-state index contributed by atoms with van der Waals surface area (Å²) in [7, 11) is 1.87. The van der Waals surface area contributed by atoms with Gasteiger partial charge in [0.2, 0.25) is 0 Å². The van der Waals surface area contributed by atoms with Gasteiger partial charge in [-0.1, -0.05) is 12.1 Å². The highest BCUT2D eigenvalue weighted by Crippen LogP contribution is 2.30. The standard InChI is InChI=1S/C13H13F3N2O/c1-18-8-4-5-10(18)9-17-11-6-2-3-7-12(11)19-13(14,15)16/h2-8,17H,9H2,1H3. The van der Waals surface area contributed by atoms with E-state index < -0.39 is 6.36 Å². The lowest BCUT2D eigenvalue weighted by atomic mass is 10.3. The fraction of sp³-hybridized carbons (Fsp3) is 0.231. The van der Waals surface area contributed by atoms with Crippen LogP contribution >= 0.6 is 0 Å². The summed E-state index contributed by atoms with van der Waals surface area (Å²) in [5, 5.41) is 2.93. The molecule has 0 amide bonds. The largest absolute Gasteiger partial charge is 0.573 e. The number of para-hydroxylation sites is 2. The molecule has 1 aromatic heterocycles. The van der Waals surface area contributed by atoms with Gasteiger partial charge in [-0.2, -0.15) is 0 Å². The van der Waals surface area contributed by atoms with E-state index in [0.29, 0.717) is 12.2 Å². The molecule has 0 unspecified atom stereocenters. The number of halogens is 3. The topological polar surface area (TPSA) is 26.2 Å². The van der Waals surface area contributed by atoms with Crippen LogP contribution in [0.15, 0.2) is 42.6 Å². The summed E-state index contributed by atoms with van der Waals surface area (Å²) >= 11 is 0. The summed E-state index contributed by atoms with van der Waals surface area (Å²) in [5.41, 5.74) is 1.27. The molecule has 3 nitrogen and oxygen atoms in total. The minimum absolute atomic E-state index is 0.232. The van der Waals surface area contributed by atoms with Crippen LogP contribution in [-0.2, 0) is 13.6 Å². The number of nitrogens with one attached hydrogen (secondary N) is 1. The highest BCUT2D eigenvalue weighted by molar-refractivity contribution is 5.56. The van der Waals surface area contributed by atoms with Crippen molar-refractivity contribution in [2.45, 2.75) is 12.9 Å². The second-order valence-electron chi connectivity index (χ2n) is 4.01. The van der Waals surface area contributed by atoms with Gasteiger partial charge in [0, 0.05) is 18.9 Å².